The van der Waals surface area contributed by atoms with Crippen molar-refractivity contribution in [1.82, 2.24) is 10.2 Å². The lowest BCUT2D eigenvalue weighted by Gasteiger charge is -2.34. The number of likely N-dealkylation sites (tertiary alicyclic amines) is 1. The lowest BCUT2D eigenvalue weighted by Crippen LogP contribution is -2.38. The molecule has 0 bridgehead atoms. The van der Waals surface area contributed by atoms with E-state index < -0.39 is 0 Å². The van der Waals surface area contributed by atoms with Gasteiger partial charge in [0.1, 0.15) is 5.75 Å². The maximum Gasteiger partial charge on any atom is 0.123 e. The molecule has 2 aliphatic rings. The first-order valence-electron chi connectivity index (χ1n) is 7.46. The van der Waals surface area contributed by atoms with Crippen LogP contribution in [0, 0.1) is 5.41 Å². The third-order valence-corrected chi connectivity index (χ3v) is 5.05. The summed E-state index contributed by atoms with van der Waals surface area (Å²) < 4.78 is 5.45. The van der Waals surface area contributed by atoms with Gasteiger partial charge in [-0.25, -0.2) is 0 Å². The standard InChI is InChI=1S/C16H23ClN2O/c1-20-15-3-2-14(17)10-13(15)11-19-9-6-16(12-19)4-7-18-8-5-16/h2-3,10,18H,4-9,11-12H2,1H3. The van der Waals surface area contributed by atoms with E-state index in [0.717, 1.165) is 17.3 Å². The van der Waals surface area contributed by atoms with E-state index in [9.17, 15) is 0 Å². The summed E-state index contributed by atoms with van der Waals surface area (Å²) in [4.78, 5) is 2.56. The molecule has 0 unspecified atom stereocenters. The van der Waals surface area contributed by atoms with Crippen LogP contribution in [0.4, 0.5) is 0 Å². The van der Waals surface area contributed by atoms with Crippen LogP contribution in [-0.2, 0) is 6.54 Å². The van der Waals surface area contributed by atoms with Gasteiger partial charge in [-0.15, -0.1) is 0 Å². The maximum absolute atomic E-state index is 6.12. The van der Waals surface area contributed by atoms with Gasteiger partial charge in [-0.05, 0) is 62.5 Å². The summed E-state index contributed by atoms with van der Waals surface area (Å²) in [5, 5.41) is 4.26. The SMILES string of the molecule is COc1ccc(Cl)cc1CN1CCC2(CCNCC2)C1. The highest BCUT2D eigenvalue weighted by Gasteiger charge is 2.38. The van der Waals surface area contributed by atoms with Gasteiger partial charge in [0.05, 0.1) is 7.11 Å². The number of rotatable bonds is 3. The zero-order chi connectivity index (χ0) is 14.0. The number of nitrogens with one attached hydrogen (secondary N) is 1. The Morgan fingerprint density at radius 3 is 2.85 bits per heavy atom. The molecule has 2 heterocycles. The summed E-state index contributed by atoms with van der Waals surface area (Å²) in [6.45, 7) is 5.70. The normalized spacial score (nSPS) is 22.3. The Bertz CT molecular complexity index is 472. The van der Waals surface area contributed by atoms with Gasteiger partial charge in [-0.1, -0.05) is 11.6 Å². The predicted molar refractivity (Wildman–Crippen MR) is 82.4 cm³/mol. The molecule has 0 saturated carbocycles. The minimum absolute atomic E-state index is 0.553. The van der Waals surface area contributed by atoms with Gasteiger partial charge >= 0.3 is 0 Å². The summed E-state index contributed by atoms with van der Waals surface area (Å²) in [7, 11) is 1.73. The van der Waals surface area contributed by atoms with Gasteiger partial charge in [-0.2, -0.15) is 0 Å². The number of ether oxygens (including phenoxy) is 1. The van der Waals surface area contributed by atoms with Crippen LogP contribution in [0.25, 0.3) is 0 Å². The fourth-order valence-electron chi connectivity index (χ4n) is 3.64. The molecule has 0 amide bonds. The number of benzene rings is 1. The minimum atomic E-state index is 0.553. The van der Waals surface area contributed by atoms with Crippen LogP contribution in [0.3, 0.4) is 0 Å². The van der Waals surface area contributed by atoms with Gasteiger partial charge in [0.15, 0.2) is 0 Å². The van der Waals surface area contributed by atoms with E-state index in [1.807, 2.05) is 18.2 Å². The largest absolute Gasteiger partial charge is 0.496 e. The maximum atomic E-state index is 6.12. The highest BCUT2D eigenvalue weighted by atomic mass is 35.5. The van der Waals surface area contributed by atoms with Gasteiger partial charge in [0, 0.05) is 23.7 Å². The molecule has 110 valence electrons. The molecule has 0 aromatic heterocycles. The Morgan fingerprint density at radius 2 is 2.10 bits per heavy atom. The van der Waals surface area contributed by atoms with Gasteiger partial charge < -0.3 is 10.1 Å². The molecule has 2 saturated heterocycles. The zero-order valence-electron chi connectivity index (χ0n) is 12.1. The van der Waals surface area contributed by atoms with E-state index >= 15 is 0 Å². The molecule has 3 nitrogen and oxygen atoms in total. The number of nitrogens with zero attached hydrogens (tertiary/aromatic N) is 1. The summed E-state index contributed by atoms with van der Waals surface area (Å²) in [5.74, 6) is 0.945. The van der Waals surface area contributed by atoms with Crippen molar-refractivity contribution >= 4 is 11.6 Å². The Labute approximate surface area is 126 Å². The van der Waals surface area contributed by atoms with Crippen LogP contribution >= 0.6 is 11.6 Å². The van der Waals surface area contributed by atoms with Crippen molar-refractivity contribution in [1.29, 1.82) is 0 Å². The smallest absolute Gasteiger partial charge is 0.123 e. The molecule has 3 rings (SSSR count). The van der Waals surface area contributed by atoms with Crippen LogP contribution in [0.5, 0.6) is 5.75 Å². The highest BCUT2D eigenvalue weighted by Crippen LogP contribution is 2.39. The quantitative estimate of drug-likeness (QED) is 0.928. The topological polar surface area (TPSA) is 24.5 Å². The van der Waals surface area contributed by atoms with Crippen molar-refractivity contribution < 1.29 is 4.74 Å². The lowest BCUT2D eigenvalue weighted by atomic mass is 9.78. The molecule has 1 N–H and O–H groups in total. The van der Waals surface area contributed by atoms with E-state index in [1.165, 1.54) is 51.0 Å². The lowest BCUT2D eigenvalue weighted by molar-refractivity contribution is 0.193. The molecule has 20 heavy (non-hydrogen) atoms. The molecular weight excluding hydrogens is 272 g/mol. The van der Waals surface area contributed by atoms with Crippen molar-refractivity contribution in [2.75, 3.05) is 33.3 Å². The van der Waals surface area contributed by atoms with Crippen LogP contribution in [0.1, 0.15) is 24.8 Å². The van der Waals surface area contributed by atoms with E-state index in [1.54, 1.807) is 7.11 Å². The molecule has 1 aromatic rings. The third-order valence-electron chi connectivity index (χ3n) is 4.82. The monoisotopic (exact) mass is 294 g/mol. The molecule has 0 radical (unpaired) electrons. The molecule has 1 aromatic carbocycles. The molecule has 0 aliphatic carbocycles. The number of halogens is 1. The Hall–Kier alpha value is -0.770. The number of piperidine rings is 1. The second-order valence-electron chi connectivity index (χ2n) is 6.17. The number of hydrogen-bond donors (Lipinski definition) is 1. The first-order chi connectivity index (χ1) is 9.71. The highest BCUT2D eigenvalue weighted by molar-refractivity contribution is 6.30. The van der Waals surface area contributed by atoms with Crippen molar-refractivity contribution in [2.24, 2.45) is 5.41 Å². The Kier molecular flexibility index (Phi) is 4.20. The first-order valence-corrected chi connectivity index (χ1v) is 7.84. The average molecular weight is 295 g/mol. The van der Waals surface area contributed by atoms with Crippen LogP contribution in [0.2, 0.25) is 5.02 Å². The fourth-order valence-corrected chi connectivity index (χ4v) is 3.83. The van der Waals surface area contributed by atoms with Gasteiger partial charge in [0.25, 0.3) is 0 Å². The van der Waals surface area contributed by atoms with Crippen molar-refractivity contribution in [3.8, 4) is 5.75 Å². The van der Waals surface area contributed by atoms with E-state index in [4.69, 9.17) is 16.3 Å². The van der Waals surface area contributed by atoms with Gasteiger partial charge in [-0.3, -0.25) is 4.90 Å². The molecule has 2 fully saturated rings. The molecular formula is C16H23ClN2O. The number of hydrogen-bond acceptors (Lipinski definition) is 3. The van der Waals surface area contributed by atoms with Crippen LogP contribution < -0.4 is 10.1 Å². The molecule has 4 heteroatoms. The zero-order valence-corrected chi connectivity index (χ0v) is 12.9. The average Bonchev–Trinajstić information content (AvgIpc) is 2.82. The molecule has 0 atom stereocenters. The molecule has 1 spiro atoms. The van der Waals surface area contributed by atoms with Crippen molar-refractivity contribution in [2.45, 2.75) is 25.8 Å². The predicted octanol–water partition coefficient (Wildman–Crippen LogP) is 2.92. The Balaban J connectivity index is 1.68. The summed E-state index contributed by atoms with van der Waals surface area (Å²) >= 11 is 6.12. The van der Waals surface area contributed by atoms with Crippen LogP contribution in [0.15, 0.2) is 18.2 Å². The summed E-state index contributed by atoms with van der Waals surface area (Å²) in [6.07, 6.45) is 3.96. The van der Waals surface area contributed by atoms with Crippen LogP contribution in [-0.4, -0.2) is 38.2 Å². The minimum Gasteiger partial charge on any atom is -0.496 e. The fraction of sp³-hybridized carbons (Fsp3) is 0.625. The second-order valence-corrected chi connectivity index (χ2v) is 6.60. The van der Waals surface area contributed by atoms with E-state index in [2.05, 4.69) is 10.2 Å². The van der Waals surface area contributed by atoms with Crippen molar-refractivity contribution in [3.63, 3.8) is 0 Å². The third kappa shape index (κ3) is 2.95. The summed E-state index contributed by atoms with van der Waals surface area (Å²) in [6, 6.07) is 5.89. The second kappa shape index (κ2) is 5.92. The van der Waals surface area contributed by atoms with Gasteiger partial charge in [0.2, 0.25) is 0 Å². The van der Waals surface area contributed by atoms with E-state index in [0.29, 0.717) is 5.41 Å². The van der Waals surface area contributed by atoms with E-state index in [-0.39, 0.29) is 0 Å². The number of methoxy groups -OCH3 is 1. The molecule has 2 aliphatic heterocycles. The first kappa shape index (κ1) is 14.2. The summed E-state index contributed by atoms with van der Waals surface area (Å²) in [5.41, 5.74) is 1.75. The van der Waals surface area contributed by atoms with Crippen molar-refractivity contribution in [3.05, 3.63) is 28.8 Å². The Morgan fingerprint density at radius 1 is 1.30 bits per heavy atom.